The van der Waals surface area contributed by atoms with Gasteiger partial charge in [-0.05, 0) is 32.9 Å². The van der Waals surface area contributed by atoms with Crippen molar-refractivity contribution in [2.75, 3.05) is 0 Å². The second-order valence-electron chi connectivity index (χ2n) is 4.53. The minimum absolute atomic E-state index is 0.295. The lowest BCUT2D eigenvalue weighted by Gasteiger charge is -2.19. The van der Waals surface area contributed by atoms with Gasteiger partial charge in [-0.1, -0.05) is 12.7 Å². The molecule has 0 aliphatic rings. The third-order valence-corrected chi connectivity index (χ3v) is 1.95. The van der Waals surface area contributed by atoms with Gasteiger partial charge in [0, 0.05) is 5.56 Å². The van der Waals surface area contributed by atoms with Gasteiger partial charge in [0.05, 0.1) is 5.56 Å². The SMILES string of the molecule is C=Cc1c(F)ccc(C(=O)OC(C)(C)C)c1F. The van der Waals surface area contributed by atoms with E-state index in [9.17, 15) is 13.6 Å². The summed E-state index contributed by atoms with van der Waals surface area (Å²) in [6.45, 7) is 8.30. The molecule has 0 radical (unpaired) electrons. The molecular weight excluding hydrogens is 226 g/mol. The van der Waals surface area contributed by atoms with Gasteiger partial charge < -0.3 is 4.74 Å². The van der Waals surface area contributed by atoms with Crippen LogP contribution in [0.2, 0.25) is 0 Å². The molecule has 0 N–H and O–H groups in total. The van der Waals surface area contributed by atoms with Gasteiger partial charge in [0.15, 0.2) is 0 Å². The second-order valence-corrected chi connectivity index (χ2v) is 4.53. The average Bonchev–Trinajstić information content (AvgIpc) is 2.15. The van der Waals surface area contributed by atoms with E-state index in [2.05, 4.69) is 6.58 Å². The maximum Gasteiger partial charge on any atom is 0.341 e. The van der Waals surface area contributed by atoms with E-state index in [1.165, 1.54) is 0 Å². The van der Waals surface area contributed by atoms with Crippen molar-refractivity contribution >= 4 is 12.0 Å². The molecule has 0 aliphatic carbocycles. The number of hydrogen-bond acceptors (Lipinski definition) is 2. The molecule has 0 saturated heterocycles. The third-order valence-electron chi connectivity index (χ3n) is 1.95. The number of carbonyl (C=O) groups is 1. The summed E-state index contributed by atoms with van der Waals surface area (Å²) in [6.07, 6.45) is 1.03. The lowest BCUT2D eigenvalue weighted by molar-refractivity contribution is 0.00646. The van der Waals surface area contributed by atoms with Gasteiger partial charge in [-0.2, -0.15) is 0 Å². The van der Waals surface area contributed by atoms with E-state index in [1.807, 2.05) is 0 Å². The molecule has 0 unspecified atom stereocenters. The highest BCUT2D eigenvalue weighted by Crippen LogP contribution is 2.20. The highest BCUT2D eigenvalue weighted by molar-refractivity contribution is 5.90. The van der Waals surface area contributed by atoms with E-state index in [-0.39, 0.29) is 11.1 Å². The molecule has 0 atom stereocenters. The van der Waals surface area contributed by atoms with Crippen LogP contribution in [-0.4, -0.2) is 11.6 Å². The molecule has 0 amide bonds. The van der Waals surface area contributed by atoms with Gasteiger partial charge in [-0.25, -0.2) is 13.6 Å². The molecule has 0 aromatic heterocycles. The summed E-state index contributed by atoms with van der Waals surface area (Å²) in [6, 6.07) is 2.07. The quantitative estimate of drug-likeness (QED) is 0.739. The molecule has 1 rings (SSSR count). The summed E-state index contributed by atoms with van der Waals surface area (Å²) in [4.78, 5) is 11.6. The molecule has 92 valence electrons. The number of carbonyl (C=O) groups excluding carboxylic acids is 1. The van der Waals surface area contributed by atoms with Crippen molar-refractivity contribution in [1.82, 2.24) is 0 Å². The van der Waals surface area contributed by atoms with Crippen molar-refractivity contribution in [3.8, 4) is 0 Å². The predicted octanol–water partition coefficient (Wildman–Crippen LogP) is 3.56. The summed E-state index contributed by atoms with van der Waals surface area (Å²) in [7, 11) is 0. The highest BCUT2D eigenvalue weighted by atomic mass is 19.1. The van der Waals surface area contributed by atoms with Crippen LogP contribution in [0.15, 0.2) is 18.7 Å². The molecule has 0 saturated carbocycles. The standard InChI is InChI=1S/C13H14F2O2/c1-5-8-10(14)7-6-9(11(8)15)12(16)17-13(2,3)4/h5-7H,1H2,2-4H3. The van der Waals surface area contributed by atoms with E-state index in [4.69, 9.17) is 4.74 Å². The first-order valence-corrected chi connectivity index (χ1v) is 5.10. The van der Waals surface area contributed by atoms with Crippen LogP contribution in [0.3, 0.4) is 0 Å². The fraction of sp³-hybridized carbons (Fsp3) is 0.308. The second kappa shape index (κ2) is 4.65. The molecule has 0 fully saturated rings. The Hall–Kier alpha value is -1.71. The Morgan fingerprint density at radius 3 is 2.41 bits per heavy atom. The monoisotopic (exact) mass is 240 g/mol. The zero-order valence-electron chi connectivity index (χ0n) is 10.0. The first kappa shape index (κ1) is 13.4. The molecule has 17 heavy (non-hydrogen) atoms. The fourth-order valence-corrected chi connectivity index (χ4v) is 1.25. The van der Waals surface area contributed by atoms with E-state index in [1.54, 1.807) is 20.8 Å². The van der Waals surface area contributed by atoms with Crippen molar-refractivity contribution in [2.45, 2.75) is 26.4 Å². The Morgan fingerprint density at radius 1 is 1.35 bits per heavy atom. The normalized spacial score (nSPS) is 11.1. The van der Waals surface area contributed by atoms with E-state index >= 15 is 0 Å². The molecular formula is C13H14F2O2. The van der Waals surface area contributed by atoms with Gasteiger partial charge in [0.2, 0.25) is 0 Å². The summed E-state index contributed by atoms with van der Waals surface area (Å²) in [5, 5.41) is 0. The van der Waals surface area contributed by atoms with Gasteiger partial charge in [-0.15, -0.1) is 0 Å². The molecule has 0 bridgehead atoms. The van der Waals surface area contributed by atoms with E-state index in [0.717, 1.165) is 18.2 Å². The van der Waals surface area contributed by atoms with E-state index in [0.29, 0.717) is 0 Å². The smallest absolute Gasteiger partial charge is 0.341 e. The number of rotatable bonds is 2. The van der Waals surface area contributed by atoms with Crippen molar-refractivity contribution in [2.24, 2.45) is 0 Å². The summed E-state index contributed by atoms with van der Waals surface area (Å²) in [5.41, 5.74) is -1.35. The summed E-state index contributed by atoms with van der Waals surface area (Å²) in [5.74, 6) is -2.53. The Labute approximate surface area is 98.9 Å². The third kappa shape index (κ3) is 3.12. The Bertz CT molecular complexity index is 459. The maximum atomic E-state index is 13.7. The Kier molecular flexibility index (Phi) is 3.66. The molecule has 2 nitrogen and oxygen atoms in total. The predicted molar refractivity (Wildman–Crippen MR) is 61.6 cm³/mol. The van der Waals surface area contributed by atoms with Crippen LogP contribution in [0, 0.1) is 11.6 Å². The van der Waals surface area contributed by atoms with Crippen LogP contribution in [0.25, 0.3) is 6.08 Å². The molecule has 0 heterocycles. The average molecular weight is 240 g/mol. The zero-order valence-corrected chi connectivity index (χ0v) is 10.0. The molecule has 4 heteroatoms. The number of benzene rings is 1. The minimum atomic E-state index is -0.950. The van der Waals surface area contributed by atoms with Crippen molar-refractivity contribution in [3.05, 3.63) is 41.5 Å². The Morgan fingerprint density at radius 2 is 1.94 bits per heavy atom. The van der Waals surface area contributed by atoms with Crippen LogP contribution in [-0.2, 0) is 4.74 Å². The number of ether oxygens (including phenoxy) is 1. The van der Waals surface area contributed by atoms with Crippen LogP contribution in [0.4, 0.5) is 8.78 Å². The fourth-order valence-electron chi connectivity index (χ4n) is 1.25. The first-order chi connectivity index (χ1) is 7.76. The zero-order chi connectivity index (χ0) is 13.2. The van der Waals surface area contributed by atoms with Gasteiger partial charge in [0.1, 0.15) is 17.2 Å². The molecule has 1 aromatic carbocycles. The molecule has 0 aliphatic heterocycles. The van der Waals surface area contributed by atoms with Gasteiger partial charge in [-0.3, -0.25) is 0 Å². The first-order valence-electron chi connectivity index (χ1n) is 5.10. The maximum absolute atomic E-state index is 13.7. The van der Waals surface area contributed by atoms with Crippen LogP contribution >= 0.6 is 0 Å². The largest absolute Gasteiger partial charge is 0.456 e. The number of hydrogen-bond donors (Lipinski definition) is 0. The lowest BCUT2D eigenvalue weighted by Crippen LogP contribution is -2.24. The summed E-state index contributed by atoms with van der Waals surface area (Å²) >= 11 is 0. The van der Waals surface area contributed by atoms with Gasteiger partial charge >= 0.3 is 5.97 Å². The highest BCUT2D eigenvalue weighted by Gasteiger charge is 2.22. The topological polar surface area (TPSA) is 26.3 Å². The molecule has 0 spiro atoms. The minimum Gasteiger partial charge on any atom is -0.456 e. The van der Waals surface area contributed by atoms with Crippen LogP contribution in [0.1, 0.15) is 36.7 Å². The number of halogens is 2. The summed E-state index contributed by atoms with van der Waals surface area (Å²) < 4.78 is 31.9. The molecule has 1 aromatic rings. The van der Waals surface area contributed by atoms with Gasteiger partial charge in [0.25, 0.3) is 0 Å². The van der Waals surface area contributed by atoms with Crippen molar-refractivity contribution in [3.63, 3.8) is 0 Å². The van der Waals surface area contributed by atoms with Crippen molar-refractivity contribution in [1.29, 1.82) is 0 Å². The van der Waals surface area contributed by atoms with Crippen molar-refractivity contribution < 1.29 is 18.3 Å². The van der Waals surface area contributed by atoms with E-state index < -0.39 is 23.2 Å². The van der Waals surface area contributed by atoms with Crippen LogP contribution in [0.5, 0.6) is 0 Å². The number of esters is 1. The lowest BCUT2D eigenvalue weighted by atomic mass is 10.1. The Balaban J connectivity index is 3.16. The van der Waals surface area contributed by atoms with Crippen LogP contribution < -0.4 is 0 Å².